The Morgan fingerprint density at radius 1 is 1.07 bits per heavy atom. The number of aryl methyl sites for hydroxylation is 2. The molecule has 0 saturated heterocycles. The van der Waals surface area contributed by atoms with Crippen molar-refractivity contribution < 1.29 is 19.1 Å². The third kappa shape index (κ3) is 5.25. The zero-order valence-corrected chi connectivity index (χ0v) is 18.3. The second-order valence-electron chi connectivity index (χ2n) is 6.54. The number of para-hydroxylation sites is 1. The van der Waals surface area contributed by atoms with Gasteiger partial charge in [0, 0.05) is 17.2 Å². The second kappa shape index (κ2) is 9.59. The molecule has 2 aromatic rings. The molecule has 0 fully saturated rings. The molecule has 6 nitrogen and oxygen atoms in total. The number of benzene rings is 2. The molecule has 2 amide bonds. The Kier molecular flexibility index (Phi) is 7.45. The quantitative estimate of drug-likeness (QED) is 0.700. The van der Waals surface area contributed by atoms with Gasteiger partial charge in [0.2, 0.25) is 11.8 Å². The molecule has 0 heterocycles. The number of anilines is 1. The van der Waals surface area contributed by atoms with E-state index in [1.165, 1.54) is 4.90 Å². The van der Waals surface area contributed by atoms with Crippen LogP contribution in [0.25, 0.3) is 0 Å². The maximum Gasteiger partial charge on any atom is 0.243 e. The average Bonchev–Trinajstić information content (AvgIpc) is 2.65. The normalized spacial score (nSPS) is 10.4. The van der Waals surface area contributed by atoms with Gasteiger partial charge in [0.15, 0.2) is 11.5 Å². The lowest BCUT2D eigenvalue weighted by atomic mass is 10.1. The lowest BCUT2D eigenvalue weighted by Gasteiger charge is -2.19. The smallest absolute Gasteiger partial charge is 0.243 e. The number of methoxy groups -OCH3 is 2. The van der Waals surface area contributed by atoms with Crippen molar-refractivity contribution in [2.45, 2.75) is 20.3 Å². The minimum absolute atomic E-state index is 0.0302. The molecular weight excluding hydrogens is 424 g/mol. The van der Waals surface area contributed by atoms with E-state index in [1.54, 1.807) is 33.4 Å². The van der Waals surface area contributed by atoms with Gasteiger partial charge in [-0.05, 0) is 42.7 Å². The number of amides is 2. The molecule has 2 rings (SSSR count). The topological polar surface area (TPSA) is 67.9 Å². The summed E-state index contributed by atoms with van der Waals surface area (Å²) in [6.45, 7) is 3.84. The van der Waals surface area contributed by atoms with Crippen LogP contribution in [0.5, 0.6) is 11.5 Å². The standard InChI is InChI=1S/C21H25BrN2O4/c1-13-7-6-8-14(2)21(13)23-19(25)12-24(3)20(26)10-15-9-17(27-4)18(28-5)11-16(15)22/h6-9,11H,10,12H2,1-5H3,(H,23,25). The number of hydrogen-bond donors (Lipinski definition) is 1. The van der Waals surface area contributed by atoms with Gasteiger partial charge < -0.3 is 19.7 Å². The SMILES string of the molecule is COc1cc(Br)c(CC(=O)N(C)CC(=O)Nc2c(C)cccc2C)cc1OC. The molecule has 7 heteroatoms. The van der Waals surface area contributed by atoms with Gasteiger partial charge in [-0.1, -0.05) is 34.1 Å². The van der Waals surface area contributed by atoms with Crippen LogP contribution in [0, 0.1) is 13.8 Å². The Hall–Kier alpha value is -2.54. The maximum atomic E-state index is 12.6. The van der Waals surface area contributed by atoms with Crippen LogP contribution in [0.2, 0.25) is 0 Å². The van der Waals surface area contributed by atoms with Gasteiger partial charge in [0.25, 0.3) is 0 Å². The highest BCUT2D eigenvalue weighted by atomic mass is 79.9. The first-order chi connectivity index (χ1) is 13.3. The maximum absolute atomic E-state index is 12.6. The van der Waals surface area contributed by atoms with Crippen molar-refractivity contribution in [3.05, 3.63) is 51.5 Å². The molecule has 2 aromatic carbocycles. The van der Waals surface area contributed by atoms with Gasteiger partial charge in [-0.2, -0.15) is 0 Å². The van der Waals surface area contributed by atoms with Crippen LogP contribution < -0.4 is 14.8 Å². The Bertz CT molecular complexity index is 863. The first kappa shape index (κ1) is 21.8. The van der Waals surface area contributed by atoms with Crippen LogP contribution in [-0.2, 0) is 16.0 Å². The van der Waals surface area contributed by atoms with Crippen LogP contribution >= 0.6 is 15.9 Å². The largest absolute Gasteiger partial charge is 0.493 e. The number of carbonyl (C=O) groups is 2. The Labute approximate surface area is 174 Å². The molecule has 150 valence electrons. The summed E-state index contributed by atoms with van der Waals surface area (Å²) in [6.07, 6.45) is 0.133. The number of nitrogens with one attached hydrogen (secondary N) is 1. The lowest BCUT2D eigenvalue weighted by molar-refractivity contribution is -0.132. The van der Waals surface area contributed by atoms with Crippen molar-refractivity contribution in [1.82, 2.24) is 4.90 Å². The zero-order valence-electron chi connectivity index (χ0n) is 16.8. The highest BCUT2D eigenvalue weighted by Gasteiger charge is 2.18. The van der Waals surface area contributed by atoms with E-state index in [1.807, 2.05) is 32.0 Å². The van der Waals surface area contributed by atoms with Gasteiger partial charge >= 0.3 is 0 Å². The van der Waals surface area contributed by atoms with E-state index in [4.69, 9.17) is 9.47 Å². The molecule has 0 saturated carbocycles. The van der Waals surface area contributed by atoms with Crippen molar-refractivity contribution >= 4 is 33.4 Å². The Balaban J connectivity index is 2.04. The molecule has 0 aliphatic rings. The average molecular weight is 449 g/mol. The molecule has 0 bridgehead atoms. The summed E-state index contributed by atoms with van der Waals surface area (Å²) in [5.74, 6) is 0.708. The fraction of sp³-hybridized carbons (Fsp3) is 0.333. The summed E-state index contributed by atoms with van der Waals surface area (Å²) in [5, 5.41) is 2.89. The minimum Gasteiger partial charge on any atom is -0.493 e. The van der Waals surface area contributed by atoms with Crippen LogP contribution in [0.3, 0.4) is 0 Å². The lowest BCUT2D eigenvalue weighted by Crippen LogP contribution is -2.36. The van der Waals surface area contributed by atoms with Crippen LogP contribution in [0.1, 0.15) is 16.7 Å². The minimum atomic E-state index is -0.236. The van der Waals surface area contributed by atoms with Crippen LogP contribution in [0.4, 0.5) is 5.69 Å². The summed E-state index contributed by atoms with van der Waals surface area (Å²) in [7, 11) is 4.71. The highest BCUT2D eigenvalue weighted by Crippen LogP contribution is 2.33. The molecule has 1 N–H and O–H groups in total. The third-order valence-electron chi connectivity index (χ3n) is 4.45. The summed E-state index contributed by atoms with van der Waals surface area (Å²) in [5.41, 5.74) is 3.51. The van der Waals surface area contributed by atoms with E-state index < -0.39 is 0 Å². The molecule has 0 aliphatic heterocycles. The fourth-order valence-electron chi connectivity index (χ4n) is 2.82. The number of rotatable bonds is 7. The van der Waals surface area contributed by atoms with Crippen molar-refractivity contribution in [2.75, 3.05) is 33.1 Å². The monoisotopic (exact) mass is 448 g/mol. The predicted molar refractivity (Wildman–Crippen MR) is 113 cm³/mol. The van der Waals surface area contributed by atoms with E-state index in [0.717, 1.165) is 26.9 Å². The van der Waals surface area contributed by atoms with E-state index in [2.05, 4.69) is 21.2 Å². The van der Waals surface area contributed by atoms with Crippen LogP contribution in [0.15, 0.2) is 34.8 Å². The molecule has 0 radical (unpaired) electrons. The van der Waals surface area contributed by atoms with E-state index in [9.17, 15) is 9.59 Å². The Morgan fingerprint density at radius 2 is 1.64 bits per heavy atom. The fourth-order valence-corrected chi connectivity index (χ4v) is 3.29. The number of likely N-dealkylation sites (N-methyl/N-ethyl adjacent to an activating group) is 1. The number of halogens is 1. The second-order valence-corrected chi connectivity index (χ2v) is 7.39. The van der Waals surface area contributed by atoms with Gasteiger partial charge in [0.1, 0.15) is 0 Å². The van der Waals surface area contributed by atoms with Gasteiger partial charge in [0.05, 0.1) is 27.2 Å². The molecule has 28 heavy (non-hydrogen) atoms. The van der Waals surface area contributed by atoms with Crippen molar-refractivity contribution in [3.8, 4) is 11.5 Å². The molecule has 0 unspecified atom stereocenters. The van der Waals surface area contributed by atoms with E-state index >= 15 is 0 Å². The number of nitrogens with zero attached hydrogens (tertiary/aromatic N) is 1. The van der Waals surface area contributed by atoms with Crippen molar-refractivity contribution in [2.24, 2.45) is 0 Å². The third-order valence-corrected chi connectivity index (χ3v) is 5.18. The van der Waals surface area contributed by atoms with Gasteiger partial charge in [-0.25, -0.2) is 0 Å². The molecule has 0 aromatic heterocycles. The van der Waals surface area contributed by atoms with Crippen molar-refractivity contribution in [1.29, 1.82) is 0 Å². The Morgan fingerprint density at radius 3 is 2.21 bits per heavy atom. The first-order valence-electron chi connectivity index (χ1n) is 8.77. The highest BCUT2D eigenvalue weighted by molar-refractivity contribution is 9.10. The number of carbonyl (C=O) groups excluding carboxylic acids is 2. The zero-order chi connectivity index (χ0) is 20.8. The molecule has 0 spiro atoms. The van der Waals surface area contributed by atoms with Crippen LogP contribution in [-0.4, -0.2) is 44.5 Å². The number of hydrogen-bond acceptors (Lipinski definition) is 4. The molecular formula is C21H25BrN2O4. The van der Waals surface area contributed by atoms with E-state index in [0.29, 0.717) is 11.5 Å². The summed E-state index contributed by atoms with van der Waals surface area (Å²) in [4.78, 5) is 26.4. The predicted octanol–water partition coefficient (Wildman–Crippen LogP) is 3.72. The molecule has 0 aliphatic carbocycles. The summed E-state index contributed by atoms with van der Waals surface area (Å²) in [6, 6.07) is 9.33. The summed E-state index contributed by atoms with van der Waals surface area (Å²) >= 11 is 3.45. The number of ether oxygens (including phenoxy) is 2. The van der Waals surface area contributed by atoms with Crippen molar-refractivity contribution in [3.63, 3.8) is 0 Å². The molecule has 0 atom stereocenters. The van der Waals surface area contributed by atoms with Gasteiger partial charge in [-0.15, -0.1) is 0 Å². The first-order valence-corrected chi connectivity index (χ1v) is 9.56. The van der Waals surface area contributed by atoms with Gasteiger partial charge in [-0.3, -0.25) is 9.59 Å². The van der Waals surface area contributed by atoms with E-state index in [-0.39, 0.29) is 24.8 Å². The summed E-state index contributed by atoms with van der Waals surface area (Å²) < 4.78 is 11.3.